The monoisotopic (exact) mass is 296 g/mol. The zero-order valence-electron chi connectivity index (χ0n) is 12.2. The van der Waals surface area contributed by atoms with Crippen LogP contribution < -0.4 is 5.32 Å². The van der Waals surface area contributed by atoms with E-state index < -0.39 is 23.1 Å². The van der Waals surface area contributed by atoms with E-state index in [-0.39, 0.29) is 0 Å². The van der Waals surface area contributed by atoms with E-state index in [1.54, 1.807) is 0 Å². The Morgan fingerprint density at radius 2 is 1.71 bits per heavy atom. The Morgan fingerprint density at radius 1 is 1.10 bits per heavy atom. The van der Waals surface area contributed by atoms with Gasteiger partial charge in [0.2, 0.25) is 0 Å². The van der Waals surface area contributed by atoms with Gasteiger partial charge in [-0.25, -0.2) is 8.78 Å². The average molecular weight is 296 g/mol. The third kappa shape index (κ3) is 4.77. The van der Waals surface area contributed by atoms with Crippen LogP contribution in [-0.4, -0.2) is 37.0 Å². The second-order valence-electron chi connectivity index (χ2n) is 5.46. The molecule has 1 N–H and O–H groups in total. The van der Waals surface area contributed by atoms with Gasteiger partial charge in [0.1, 0.15) is 17.2 Å². The second-order valence-corrected chi connectivity index (χ2v) is 5.46. The Hall–Kier alpha value is -1.49. The zero-order valence-corrected chi connectivity index (χ0v) is 12.2. The fraction of sp³-hybridized carbons (Fsp3) is 0.562. The van der Waals surface area contributed by atoms with Crippen LogP contribution in [0.2, 0.25) is 0 Å². The molecule has 1 amide bonds. The predicted octanol–water partition coefficient (Wildman–Crippen LogP) is 2.96. The minimum absolute atomic E-state index is 0.434. The van der Waals surface area contributed by atoms with Crippen molar-refractivity contribution in [2.75, 3.05) is 26.2 Å². The van der Waals surface area contributed by atoms with Crippen molar-refractivity contribution in [3.63, 3.8) is 0 Å². The van der Waals surface area contributed by atoms with Gasteiger partial charge in [-0.05, 0) is 51.0 Å². The van der Waals surface area contributed by atoms with Gasteiger partial charge in [-0.2, -0.15) is 0 Å². The van der Waals surface area contributed by atoms with E-state index in [0.29, 0.717) is 6.54 Å². The van der Waals surface area contributed by atoms with E-state index in [4.69, 9.17) is 0 Å². The molecule has 0 atom stereocenters. The average Bonchev–Trinajstić information content (AvgIpc) is 2.72. The molecule has 0 saturated carbocycles. The molecule has 1 heterocycles. The van der Waals surface area contributed by atoms with Crippen molar-refractivity contribution in [2.45, 2.75) is 32.1 Å². The zero-order chi connectivity index (χ0) is 15.1. The summed E-state index contributed by atoms with van der Waals surface area (Å²) in [5.41, 5.74) is -0.493. The number of nitrogens with zero attached hydrogens (tertiary/aromatic N) is 1. The van der Waals surface area contributed by atoms with E-state index in [9.17, 15) is 13.6 Å². The van der Waals surface area contributed by atoms with Crippen LogP contribution in [0.4, 0.5) is 8.78 Å². The topological polar surface area (TPSA) is 32.3 Å². The first-order valence-electron chi connectivity index (χ1n) is 7.63. The maximum atomic E-state index is 13.4. The van der Waals surface area contributed by atoms with Crippen molar-refractivity contribution in [3.8, 4) is 0 Å². The van der Waals surface area contributed by atoms with Crippen LogP contribution in [0, 0.1) is 11.6 Å². The molecule has 1 aliphatic rings. The number of rotatable bonds is 5. The summed E-state index contributed by atoms with van der Waals surface area (Å²) in [6, 6.07) is 3.44. The van der Waals surface area contributed by atoms with E-state index in [1.807, 2.05) is 0 Å². The number of carbonyl (C=O) groups is 1. The smallest absolute Gasteiger partial charge is 0.257 e. The number of hydrogen-bond donors (Lipinski definition) is 1. The van der Waals surface area contributed by atoms with Crippen LogP contribution >= 0.6 is 0 Å². The number of carbonyl (C=O) groups excluding carboxylic acids is 1. The van der Waals surface area contributed by atoms with E-state index in [1.165, 1.54) is 31.7 Å². The Balaban J connectivity index is 1.74. The third-order valence-electron chi connectivity index (χ3n) is 3.83. The Kier molecular flexibility index (Phi) is 6.11. The first-order chi connectivity index (χ1) is 10.2. The second kappa shape index (κ2) is 8.08. The lowest BCUT2D eigenvalue weighted by Gasteiger charge is -2.19. The summed E-state index contributed by atoms with van der Waals surface area (Å²) in [7, 11) is 0. The molecule has 0 aromatic heterocycles. The minimum atomic E-state index is -0.819. The van der Waals surface area contributed by atoms with Gasteiger partial charge in [-0.15, -0.1) is 0 Å². The number of halogens is 2. The van der Waals surface area contributed by atoms with Gasteiger partial charge in [0.05, 0.1) is 0 Å². The Bertz CT molecular complexity index is 451. The van der Waals surface area contributed by atoms with Crippen LogP contribution in [-0.2, 0) is 0 Å². The van der Waals surface area contributed by atoms with Gasteiger partial charge in [-0.1, -0.05) is 18.9 Å². The molecule has 1 aromatic carbocycles. The van der Waals surface area contributed by atoms with Crippen molar-refractivity contribution >= 4 is 5.91 Å². The molecule has 1 fully saturated rings. The first-order valence-corrected chi connectivity index (χ1v) is 7.63. The normalized spacial score (nSPS) is 16.5. The molecular formula is C16H22F2N2O. The molecule has 5 heteroatoms. The van der Waals surface area contributed by atoms with Gasteiger partial charge in [0, 0.05) is 6.54 Å². The number of likely N-dealkylation sites (tertiary alicyclic amines) is 1. The van der Waals surface area contributed by atoms with Crippen LogP contribution in [0.25, 0.3) is 0 Å². The first kappa shape index (κ1) is 15.9. The summed E-state index contributed by atoms with van der Waals surface area (Å²) in [5.74, 6) is -2.32. The maximum absolute atomic E-state index is 13.4. The highest BCUT2D eigenvalue weighted by atomic mass is 19.1. The summed E-state index contributed by atoms with van der Waals surface area (Å²) in [4.78, 5) is 14.2. The van der Waals surface area contributed by atoms with Gasteiger partial charge < -0.3 is 10.2 Å². The van der Waals surface area contributed by atoms with E-state index in [2.05, 4.69) is 10.2 Å². The van der Waals surface area contributed by atoms with Crippen molar-refractivity contribution in [1.29, 1.82) is 0 Å². The summed E-state index contributed by atoms with van der Waals surface area (Å²) >= 11 is 0. The molecular weight excluding hydrogens is 274 g/mol. The highest BCUT2D eigenvalue weighted by molar-refractivity contribution is 5.94. The van der Waals surface area contributed by atoms with Crippen molar-refractivity contribution in [1.82, 2.24) is 10.2 Å². The number of hydrogen-bond acceptors (Lipinski definition) is 2. The molecule has 2 rings (SSSR count). The molecule has 0 bridgehead atoms. The van der Waals surface area contributed by atoms with E-state index >= 15 is 0 Å². The molecule has 3 nitrogen and oxygen atoms in total. The van der Waals surface area contributed by atoms with Gasteiger partial charge in [-0.3, -0.25) is 4.79 Å². The fourth-order valence-corrected chi connectivity index (χ4v) is 2.67. The molecule has 0 unspecified atom stereocenters. The van der Waals surface area contributed by atoms with Gasteiger partial charge >= 0.3 is 0 Å². The lowest BCUT2D eigenvalue weighted by molar-refractivity contribution is 0.0943. The summed E-state index contributed by atoms with van der Waals surface area (Å²) in [5, 5.41) is 2.59. The number of benzene rings is 1. The molecule has 1 aliphatic heterocycles. The highest BCUT2D eigenvalue weighted by Gasteiger charge is 2.16. The van der Waals surface area contributed by atoms with E-state index in [0.717, 1.165) is 38.2 Å². The van der Waals surface area contributed by atoms with Crippen LogP contribution in [0.5, 0.6) is 0 Å². The third-order valence-corrected chi connectivity index (χ3v) is 3.83. The largest absolute Gasteiger partial charge is 0.352 e. The fourth-order valence-electron chi connectivity index (χ4n) is 2.67. The predicted molar refractivity (Wildman–Crippen MR) is 78.2 cm³/mol. The molecule has 1 saturated heterocycles. The van der Waals surface area contributed by atoms with Gasteiger partial charge in [0.25, 0.3) is 5.91 Å². The number of amides is 1. The Labute approximate surface area is 124 Å². The standard InChI is InChI=1S/C16H22F2N2O/c17-13-7-5-8-14(18)15(13)16(21)19-9-6-12-20-10-3-1-2-4-11-20/h5,7-8H,1-4,6,9-12H2,(H,19,21). The SMILES string of the molecule is O=C(NCCCN1CCCCCC1)c1c(F)cccc1F. The maximum Gasteiger partial charge on any atom is 0.257 e. The minimum Gasteiger partial charge on any atom is -0.352 e. The summed E-state index contributed by atoms with van der Waals surface area (Å²) in [6.07, 6.45) is 5.83. The van der Waals surface area contributed by atoms with Crippen LogP contribution in [0.1, 0.15) is 42.5 Å². The molecule has 0 radical (unpaired) electrons. The lowest BCUT2D eigenvalue weighted by atomic mass is 10.2. The highest BCUT2D eigenvalue weighted by Crippen LogP contribution is 2.12. The lowest BCUT2D eigenvalue weighted by Crippen LogP contribution is -2.31. The Morgan fingerprint density at radius 3 is 2.33 bits per heavy atom. The summed E-state index contributed by atoms with van der Waals surface area (Å²) in [6.45, 7) is 3.56. The quantitative estimate of drug-likeness (QED) is 0.847. The van der Waals surface area contributed by atoms with Crippen LogP contribution in [0.15, 0.2) is 18.2 Å². The number of nitrogens with one attached hydrogen (secondary N) is 1. The van der Waals surface area contributed by atoms with Crippen molar-refractivity contribution in [2.24, 2.45) is 0 Å². The van der Waals surface area contributed by atoms with Crippen molar-refractivity contribution in [3.05, 3.63) is 35.4 Å². The molecule has 0 spiro atoms. The molecule has 116 valence electrons. The van der Waals surface area contributed by atoms with Crippen molar-refractivity contribution < 1.29 is 13.6 Å². The van der Waals surface area contributed by atoms with Gasteiger partial charge in [0.15, 0.2) is 0 Å². The molecule has 0 aliphatic carbocycles. The molecule has 1 aromatic rings. The summed E-state index contributed by atoms with van der Waals surface area (Å²) < 4.78 is 26.9. The van der Waals surface area contributed by atoms with Crippen LogP contribution in [0.3, 0.4) is 0 Å². The molecule has 21 heavy (non-hydrogen) atoms.